The molecule has 4 rings (SSSR count). The third kappa shape index (κ3) is 4.64. The fourth-order valence-corrected chi connectivity index (χ4v) is 4.86. The molecule has 0 fully saturated rings. The van der Waals surface area contributed by atoms with Gasteiger partial charge in [-0.05, 0) is 39.0 Å². The second-order valence-electron chi connectivity index (χ2n) is 6.86. The van der Waals surface area contributed by atoms with E-state index in [4.69, 9.17) is 9.26 Å². The molecule has 1 aromatic carbocycles. The zero-order valence-electron chi connectivity index (χ0n) is 17.5. The second-order valence-corrected chi connectivity index (χ2v) is 9.06. The van der Waals surface area contributed by atoms with E-state index in [-0.39, 0.29) is 11.5 Å². The fourth-order valence-electron chi connectivity index (χ4n) is 3.20. The van der Waals surface area contributed by atoms with Crippen LogP contribution in [-0.4, -0.2) is 38.6 Å². The van der Waals surface area contributed by atoms with Gasteiger partial charge in [0.05, 0.1) is 12.9 Å². The number of hydrogen-bond acceptors (Lipinski definition) is 9. The summed E-state index contributed by atoms with van der Waals surface area (Å²) in [6, 6.07) is 11.3. The Labute approximate surface area is 187 Å². The number of thioether (sulfide) groups is 1. The monoisotopic (exact) mass is 455 g/mol. The Morgan fingerprint density at radius 1 is 1.23 bits per heavy atom. The number of carbonyl (C=O) groups is 1. The van der Waals surface area contributed by atoms with E-state index >= 15 is 0 Å². The third-order valence-electron chi connectivity index (χ3n) is 4.63. The summed E-state index contributed by atoms with van der Waals surface area (Å²) in [4.78, 5) is 12.9. The first-order valence-corrected chi connectivity index (χ1v) is 11.3. The number of nitrogens with one attached hydrogen (secondary N) is 1. The van der Waals surface area contributed by atoms with E-state index in [0.29, 0.717) is 16.5 Å². The number of ketones is 1. The van der Waals surface area contributed by atoms with Gasteiger partial charge in [-0.25, -0.2) is 0 Å². The second kappa shape index (κ2) is 8.94. The number of anilines is 2. The van der Waals surface area contributed by atoms with Crippen molar-refractivity contribution in [2.45, 2.75) is 25.1 Å². The average Bonchev–Trinajstić information content (AvgIpc) is 3.45. The number of aromatic nitrogens is 4. The van der Waals surface area contributed by atoms with E-state index in [1.54, 1.807) is 7.11 Å². The quantitative estimate of drug-likeness (QED) is 0.294. The first kappa shape index (κ1) is 21.1. The number of carbonyl (C=O) groups excluding carboxylic acids is 1. The van der Waals surface area contributed by atoms with Crippen molar-refractivity contribution in [2.24, 2.45) is 0 Å². The molecular weight excluding hydrogens is 434 g/mol. The molecule has 160 valence electrons. The van der Waals surface area contributed by atoms with Crippen LogP contribution in [0.2, 0.25) is 0 Å². The maximum Gasteiger partial charge on any atom is 0.210 e. The third-order valence-corrected chi connectivity index (χ3v) is 6.60. The van der Waals surface area contributed by atoms with Gasteiger partial charge < -0.3 is 14.6 Å². The Hall–Kier alpha value is -3.11. The molecule has 4 aromatic rings. The van der Waals surface area contributed by atoms with E-state index in [9.17, 15) is 4.79 Å². The Kier molecular flexibility index (Phi) is 6.10. The topological polar surface area (TPSA) is 95.1 Å². The lowest BCUT2D eigenvalue weighted by molar-refractivity contribution is 0.102. The largest absolute Gasteiger partial charge is 0.497 e. The molecule has 0 spiro atoms. The van der Waals surface area contributed by atoms with Crippen molar-refractivity contribution in [1.82, 2.24) is 19.9 Å². The Bertz CT molecular complexity index is 1230. The molecule has 0 radical (unpaired) electrons. The van der Waals surface area contributed by atoms with Gasteiger partial charge in [0.2, 0.25) is 5.13 Å². The van der Waals surface area contributed by atoms with Gasteiger partial charge in [0.25, 0.3) is 0 Å². The molecule has 0 amide bonds. The van der Waals surface area contributed by atoms with Crippen molar-refractivity contribution in [3.8, 4) is 11.6 Å². The summed E-state index contributed by atoms with van der Waals surface area (Å²) in [5, 5.41) is 16.3. The molecule has 10 heteroatoms. The van der Waals surface area contributed by atoms with Crippen LogP contribution in [0.25, 0.3) is 5.82 Å². The summed E-state index contributed by atoms with van der Waals surface area (Å²) in [7, 11) is 1.62. The lowest BCUT2D eigenvalue weighted by atomic mass is 10.2. The smallest absolute Gasteiger partial charge is 0.210 e. The van der Waals surface area contributed by atoms with Gasteiger partial charge in [0, 0.05) is 34.8 Å². The maximum absolute atomic E-state index is 12.9. The van der Waals surface area contributed by atoms with Gasteiger partial charge >= 0.3 is 0 Å². The zero-order chi connectivity index (χ0) is 22.0. The highest BCUT2D eigenvalue weighted by molar-refractivity contribution is 8.01. The molecule has 1 N–H and O–H groups in total. The normalized spacial score (nSPS) is 11.0. The van der Waals surface area contributed by atoms with Crippen LogP contribution in [0.15, 0.2) is 45.3 Å². The number of aryl methyl sites for hydroxylation is 2. The molecule has 0 aliphatic carbocycles. The molecule has 0 atom stereocenters. The van der Waals surface area contributed by atoms with Gasteiger partial charge in [-0.1, -0.05) is 34.3 Å². The molecule has 3 aromatic heterocycles. The molecular formula is C21H21N5O3S2. The highest BCUT2D eigenvalue weighted by Gasteiger charge is 2.19. The fraction of sp³-hybridized carbons (Fsp3) is 0.238. The van der Waals surface area contributed by atoms with Crippen LogP contribution in [0.3, 0.4) is 0 Å². The summed E-state index contributed by atoms with van der Waals surface area (Å²) in [6.45, 7) is 5.70. The van der Waals surface area contributed by atoms with E-state index in [2.05, 4.69) is 20.7 Å². The first-order chi connectivity index (χ1) is 14.9. The van der Waals surface area contributed by atoms with Crippen LogP contribution in [0.4, 0.5) is 10.8 Å². The first-order valence-electron chi connectivity index (χ1n) is 9.48. The van der Waals surface area contributed by atoms with Gasteiger partial charge in [-0.3, -0.25) is 9.36 Å². The molecule has 31 heavy (non-hydrogen) atoms. The van der Waals surface area contributed by atoms with Crippen molar-refractivity contribution in [3.05, 3.63) is 59.1 Å². The molecule has 0 aliphatic heterocycles. The molecule has 8 nitrogen and oxygen atoms in total. The van der Waals surface area contributed by atoms with Gasteiger partial charge in [-0.15, -0.1) is 10.2 Å². The minimum atomic E-state index is 0.0297. The number of methoxy groups -OCH3 is 1. The van der Waals surface area contributed by atoms with Crippen LogP contribution >= 0.6 is 23.1 Å². The molecule has 0 aliphatic rings. The van der Waals surface area contributed by atoms with E-state index in [1.165, 1.54) is 23.1 Å². The summed E-state index contributed by atoms with van der Waals surface area (Å²) in [5.41, 5.74) is 3.30. The minimum absolute atomic E-state index is 0.0297. The number of rotatable bonds is 8. The summed E-state index contributed by atoms with van der Waals surface area (Å²) < 4.78 is 13.1. The van der Waals surface area contributed by atoms with Crippen molar-refractivity contribution in [2.75, 3.05) is 18.2 Å². The lowest BCUT2D eigenvalue weighted by Crippen LogP contribution is -2.05. The molecule has 3 heterocycles. The Morgan fingerprint density at radius 2 is 2.06 bits per heavy atom. The lowest BCUT2D eigenvalue weighted by Gasteiger charge is -2.05. The number of Topliss-reactive ketones (excluding diaryl/α,β-unsaturated/α-hetero) is 1. The SMILES string of the molecule is COc1cccc(Nc2nnc(SCC(=O)c3cc(C)n(-c4cc(C)on4)c3C)s2)c1. The van der Waals surface area contributed by atoms with Crippen LogP contribution in [0, 0.1) is 20.8 Å². The summed E-state index contributed by atoms with van der Waals surface area (Å²) in [5.74, 6) is 2.46. The Balaban J connectivity index is 1.42. The maximum atomic E-state index is 12.9. The molecule has 0 bridgehead atoms. The van der Waals surface area contributed by atoms with Gasteiger partial charge in [0.15, 0.2) is 15.9 Å². The van der Waals surface area contributed by atoms with E-state index in [0.717, 1.165) is 32.9 Å². The predicted molar refractivity (Wildman–Crippen MR) is 121 cm³/mol. The van der Waals surface area contributed by atoms with Crippen molar-refractivity contribution < 1.29 is 14.1 Å². The molecule has 0 saturated carbocycles. The Morgan fingerprint density at radius 3 is 2.81 bits per heavy atom. The van der Waals surface area contributed by atoms with Crippen LogP contribution in [-0.2, 0) is 0 Å². The van der Waals surface area contributed by atoms with E-state index in [1.807, 2.05) is 61.7 Å². The van der Waals surface area contributed by atoms with Crippen LogP contribution in [0.1, 0.15) is 27.5 Å². The predicted octanol–water partition coefficient (Wildman–Crippen LogP) is 4.97. The van der Waals surface area contributed by atoms with Crippen molar-refractivity contribution in [1.29, 1.82) is 0 Å². The van der Waals surface area contributed by atoms with Crippen LogP contribution < -0.4 is 10.1 Å². The number of ether oxygens (including phenoxy) is 1. The zero-order valence-corrected chi connectivity index (χ0v) is 19.1. The number of nitrogens with zero attached hydrogens (tertiary/aromatic N) is 4. The van der Waals surface area contributed by atoms with Crippen molar-refractivity contribution in [3.63, 3.8) is 0 Å². The van der Waals surface area contributed by atoms with Crippen LogP contribution in [0.5, 0.6) is 5.75 Å². The number of hydrogen-bond donors (Lipinski definition) is 1. The van der Waals surface area contributed by atoms with Gasteiger partial charge in [-0.2, -0.15) is 0 Å². The van der Waals surface area contributed by atoms with E-state index < -0.39 is 0 Å². The summed E-state index contributed by atoms with van der Waals surface area (Å²) >= 11 is 2.77. The molecule has 0 unspecified atom stereocenters. The highest BCUT2D eigenvalue weighted by atomic mass is 32.2. The molecule has 0 saturated heterocycles. The summed E-state index contributed by atoms with van der Waals surface area (Å²) in [6.07, 6.45) is 0. The van der Waals surface area contributed by atoms with Gasteiger partial charge in [0.1, 0.15) is 11.5 Å². The van der Waals surface area contributed by atoms with Crippen molar-refractivity contribution >= 4 is 39.7 Å². The standard InChI is InChI=1S/C21H21N5O3S2/c1-12-8-17(14(3)26(12)19-9-13(2)29-25-19)18(27)11-30-21-24-23-20(31-21)22-15-6-5-7-16(10-15)28-4/h5-10H,11H2,1-4H3,(H,22,23). The minimum Gasteiger partial charge on any atom is -0.497 e. The number of benzene rings is 1. The highest BCUT2D eigenvalue weighted by Crippen LogP contribution is 2.30. The average molecular weight is 456 g/mol.